The van der Waals surface area contributed by atoms with Crippen LogP contribution in [0, 0.1) is 20.8 Å². The number of fused-ring (bicyclic) bond motifs is 1. The molecule has 0 amide bonds. The van der Waals surface area contributed by atoms with E-state index < -0.39 is 10.1 Å². The summed E-state index contributed by atoms with van der Waals surface area (Å²) >= 11 is 0. The van der Waals surface area contributed by atoms with Crippen LogP contribution in [0.5, 0.6) is 5.75 Å². The van der Waals surface area contributed by atoms with Crippen LogP contribution in [0.2, 0.25) is 0 Å². The van der Waals surface area contributed by atoms with Crippen molar-refractivity contribution in [1.82, 2.24) is 0 Å². The molecule has 27 heavy (non-hydrogen) atoms. The molecule has 0 spiro atoms. The summed E-state index contributed by atoms with van der Waals surface area (Å²) in [6.45, 7) is 5.68. The van der Waals surface area contributed by atoms with Crippen LogP contribution >= 0.6 is 0 Å². The molecule has 0 saturated heterocycles. The van der Waals surface area contributed by atoms with E-state index in [1.807, 2.05) is 32.0 Å². The lowest BCUT2D eigenvalue weighted by Crippen LogP contribution is -2.00. The maximum atomic E-state index is 11.4. The summed E-state index contributed by atoms with van der Waals surface area (Å²) in [5.74, 6) is -0.197. The summed E-state index contributed by atoms with van der Waals surface area (Å²) in [6.07, 6.45) is 0. The fourth-order valence-corrected chi connectivity index (χ4v) is 3.38. The molecule has 0 aliphatic carbocycles. The van der Waals surface area contributed by atoms with Gasteiger partial charge in [0.15, 0.2) is 5.75 Å². The first kappa shape index (κ1) is 18.8. The van der Waals surface area contributed by atoms with Crippen molar-refractivity contribution >= 4 is 38.0 Å². The van der Waals surface area contributed by atoms with Gasteiger partial charge in [-0.15, -0.1) is 5.11 Å². The molecule has 0 atom stereocenters. The summed E-state index contributed by atoms with van der Waals surface area (Å²) in [4.78, 5) is -0.337. The summed E-state index contributed by atoms with van der Waals surface area (Å²) in [6, 6.07) is 9.63. The molecule has 4 N–H and O–H groups in total. The van der Waals surface area contributed by atoms with Crippen molar-refractivity contribution in [3.8, 4) is 5.75 Å². The third-order valence-corrected chi connectivity index (χ3v) is 5.26. The fraction of sp³-hybridized carbons (Fsp3) is 0.158. The minimum atomic E-state index is -4.41. The van der Waals surface area contributed by atoms with Crippen molar-refractivity contribution in [2.75, 3.05) is 5.73 Å². The minimum Gasteiger partial charge on any atom is -0.505 e. The summed E-state index contributed by atoms with van der Waals surface area (Å²) < 4.78 is 32.0. The Morgan fingerprint density at radius 3 is 2.26 bits per heavy atom. The number of aromatic hydroxyl groups is 1. The van der Waals surface area contributed by atoms with Crippen LogP contribution in [-0.4, -0.2) is 18.1 Å². The average Bonchev–Trinajstić information content (AvgIpc) is 2.56. The number of rotatable bonds is 3. The van der Waals surface area contributed by atoms with Gasteiger partial charge in [-0.25, -0.2) is 0 Å². The maximum absolute atomic E-state index is 11.4. The normalized spacial score (nSPS) is 12.1. The number of benzene rings is 3. The average molecular weight is 385 g/mol. The van der Waals surface area contributed by atoms with E-state index in [0.717, 1.165) is 17.2 Å². The zero-order valence-corrected chi connectivity index (χ0v) is 15.9. The number of phenols is 1. The standard InChI is InChI=1S/C19H19N3O4S/c1-10-4-5-14(7-11(10)2)21-22-18-12(3)6-13-8-15(27(24,25)26)9-16(20)17(13)19(18)23/h4-9,23H,20H2,1-3H3,(H,24,25,26). The molecule has 3 rings (SSSR count). The van der Waals surface area contributed by atoms with Gasteiger partial charge in [0, 0.05) is 11.1 Å². The molecule has 0 heterocycles. The molecule has 3 aromatic rings. The van der Waals surface area contributed by atoms with E-state index in [1.165, 1.54) is 6.07 Å². The lowest BCUT2D eigenvalue weighted by Gasteiger charge is -2.11. The first-order valence-electron chi connectivity index (χ1n) is 8.10. The Labute approximate surface area is 156 Å². The number of nitrogens with two attached hydrogens (primary N) is 1. The highest BCUT2D eigenvalue weighted by molar-refractivity contribution is 7.85. The molecule has 0 saturated carbocycles. The molecule has 0 aliphatic heterocycles. The van der Waals surface area contributed by atoms with Crippen LogP contribution < -0.4 is 5.73 Å². The zero-order chi connectivity index (χ0) is 19.9. The molecule has 0 bridgehead atoms. The topological polar surface area (TPSA) is 125 Å². The first-order valence-corrected chi connectivity index (χ1v) is 9.54. The second-order valence-corrected chi connectivity index (χ2v) is 7.87. The Morgan fingerprint density at radius 1 is 0.926 bits per heavy atom. The second kappa shape index (κ2) is 6.64. The van der Waals surface area contributed by atoms with Gasteiger partial charge in [0.2, 0.25) is 0 Å². The van der Waals surface area contributed by atoms with Crippen molar-refractivity contribution in [3.63, 3.8) is 0 Å². The van der Waals surface area contributed by atoms with E-state index in [2.05, 4.69) is 10.2 Å². The van der Waals surface area contributed by atoms with Crippen LogP contribution in [0.1, 0.15) is 16.7 Å². The number of azo groups is 1. The van der Waals surface area contributed by atoms with Crippen molar-refractivity contribution in [2.45, 2.75) is 25.7 Å². The van der Waals surface area contributed by atoms with Gasteiger partial charge in [0.25, 0.3) is 10.1 Å². The third kappa shape index (κ3) is 3.62. The van der Waals surface area contributed by atoms with Crippen molar-refractivity contribution in [1.29, 1.82) is 0 Å². The number of aryl methyl sites for hydroxylation is 3. The molecule has 0 aromatic heterocycles. The van der Waals surface area contributed by atoms with Crippen molar-refractivity contribution in [2.24, 2.45) is 10.2 Å². The van der Waals surface area contributed by atoms with E-state index in [9.17, 15) is 18.1 Å². The number of phenolic OH excluding ortho intramolecular Hbond substituents is 1. The monoisotopic (exact) mass is 385 g/mol. The molecule has 0 radical (unpaired) electrons. The molecule has 0 aliphatic rings. The highest BCUT2D eigenvalue weighted by Gasteiger charge is 2.17. The second-order valence-electron chi connectivity index (χ2n) is 6.44. The molecule has 3 aromatic carbocycles. The lowest BCUT2D eigenvalue weighted by atomic mass is 10.0. The number of anilines is 1. The third-order valence-electron chi connectivity index (χ3n) is 4.43. The smallest absolute Gasteiger partial charge is 0.294 e. The Bertz CT molecular complexity index is 1200. The van der Waals surface area contributed by atoms with Crippen LogP contribution in [0.3, 0.4) is 0 Å². The summed E-state index contributed by atoms with van der Waals surface area (Å²) in [7, 11) is -4.41. The molecule has 140 valence electrons. The molecular weight excluding hydrogens is 366 g/mol. The fourth-order valence-electron chi connectivity index (χ4n) is 2.82. The predicted molar refractivity (Wildman–Crippen MR) is 105 cm³/mol. The molecular formula is C19H19N3O4S. The Balaban J connectivity index is 2.15. The van der Waals surface area contributed by atoms with Crippen LogP contribution in [0.25, 0.3) is 10.8 Å². The van der Waals surface area contributed by atoms with Crippen LogP contribution in [-0.2, 0) is 10.1 Å². The number of nitrogens with zero attached hydrogens (tertiary/aromatic N) is 2. The predicted octanol–water partition coefficient (Wildman–Crippen LogP) is 4.71. The van der Waals surface area contributed by atoms with Gasteiger partial charge in [0.1, 0.15) is 5.69 Å². The number of nitrogen functional groups attached to an aromatic ring is 1. The highest BCUT2D eigenvalue weighted by atomic mass is 32.2. The Kier molecular flexibility index (Phi) is 4.63. The van der Waals surface area contributed by atoms with E-state index >= 15 is 0 Å². The van der Waals surface area contributed by atoms with Gasteiger partial charge < -0.3 is 10.8 Å². The number of hydrogen-bond acceptors (Lipinski definition) is 6. The maximum Gasteiger partial charge on any atom is 0.294 e. The highest BCUT2D eigenvalue weighted by Crippen LogP contribution is 2.42. The van der Waals surface area contributed by atoms with Gasteiger partial charge >= 0.3 is 0 Å². The zero-order valence-electron chi connectivity index (χ0n) is 15.1. The van der Waals surface area contributed by atoms with E-state index in [-0.39, 0.29) is 27.4 Å². The van der Waals surface area contributed by atoms with Crippen LogP contribution in [0.15, 0.2) is 51.5 Å². The van der Waals surface area contributed by atoms with Gasteiger partial charge in [-0.3, -0.25) is 4.55 Å². The van der Waals surface area contributed by atoms with Gasteiger partial charge in [0.05, 0.1) is 10.6 Å². The van der Waals surface area contributed by atoms with Gasteiger partial charge in [-0.1, -0.05) is 6.07 Å². The Morgan fingerprint density at radius 2 is 1.63 bits per heavy atom. The van der Waals surface area contributed by atoms with Crippen molar-refractivity contribution < 1.29 is 18.1 Å². The largest absolute Gasteiger partial charge is 0.505 e. The molecule has 7 nitrogen and oxygen atoms in total. The minimum absolute atomic E-state index is 0.0141. The SMILES string of the molecule is Cc1ccc(N=Nc2c(C)cc3cc(S(=O)(=O)O)cc(N)c3c2O)cc1C. The first-order chi connectivity index (χ1) is 12.6. The van der Waals surface area contributed by atoms with Crippen molar-refractivity contribution in [3.05, 3.63) is 53.1 Å². The van der Waals surface area contributed by atoms with Crippen LogP contribution in [0.4, 0.5) is 17.1 Å². The summed E-state index contributed by atoms with van der Waals surface area (Å²) in [5, 5.41) is 19.6. The molecule has 0 fully saturated rings. The van der Waals surface area contributed by atoms with E-state index in [0.29, 0.717) is 16.6 Å². The molecule has 0 unspecified atom stereocenters. The number of hydrogen-bond donors (Lipinski definition) is 3. The van der Waals surface area contributed by atoms with E-state index in [4.69, 9.17) is 5.73 Å². The Hall–Kier alpha value is -2.97. The molecule has 8 heteroatoms. The lowest BCUT2D eigenvalue weighted by molar-refractivity contribution is 0.480. The van der Waals surface area contributed by atoms with E-state index in [1.54, 1.807) is 13.0 Å². The summed E-state index contributed by atoms with van der Waals surface area (Å²) in [5.41, 5.74) is 9.61. The van der Waals surface area contributed by atoms with Gasteiger partial charge in [-0.05, 0) is 73.2 Å². The van der Waals surface area contributed by atoms with Gasteiger partial charge in [-0.2, -0.15) is 13.5 Å². The quantitative estimate of drug-likeness (QED) is 0.342.